The molecule has 1 N–H and O–H groups in total. The number of ether oxygens (including phenoxy) is 1. The number of benzene rings is 2. The summed E-state index contributed by atoms with van der Waals surface area (Å²) in [4.78, 5) is 12.2. The number of allylic oxidation sites excluding steroid dienone is 1. The van der Waals surface area contributed by atoms with E-state index in [1.54, 1.807) is 24.3 Å². The summed E-state index contributed by atoms with van der Waals surface area (Å²) in [5, 5.41) is 9.75. The first kappa shape index (κ1) is 15.3. The van der Waals surface area contributed by atoms with E-state index in [4.69, 9.17) is 4.74 Å². The quantitative estimate of drug-likeness (QED) is 0.660. The molecule has 21 heavy (non-hydrogen) atoms. The fourth-order valence-corrected chi connectivity index (χ4v) is 2.42. The van der Waals surface area contributed by atoms with Crippen molar-refractivity contribution < 1.29 is 14.6 Å². The topological polar surface area (TPSA) is 46.5 Å². The zero-order valence-corrected chi connectivity index (χ0v) is 13.3. The van der Waals surface area contributed by atoms with Crippen LogP contribution in [0.4, 0.5) is 0 Å². The molecular formula is C17H15BrO3. The Labute approximate surface area is 132 Å². The molecule has 0 aromatic heterocycles. The highest BCUT2D eigenvalue weighted by Gasteiger charge is 2.08. The van der Waals surface area contributed by atoms with Gasteiger partial charge in [0, 0.05) is 5.56 Å². The number of halogens is 1. The Morgan fingerprint density at radius 3 is 2.67 bits per heavy atom. The van der Waals surface area contributed by atoms with Crippen molar-refractivity contribution in [3.63, 3.8) is 0 Å². The van der Waals surface area contributed by atoms with Gasteiger partial charge in [-0.05, 0) is 52.2 Å². The van der Waals surface area contributed by atoms with Crippen molar-refractivity contribution in [3.8, 4) is 11.5 Å². The second-order valence-corrected chi connectivity index (χ2v) is 5.42. The number of aromatic hydroxyl groups is 1. The van der Waals surface area contributed by atoms with Crippen LogP contribution < -0.4 is 4.74 Å². The first-order valence-corrected chi connectivity index (χ1v) is 7.16. The fourth-order valence-electron chi connectivity index (χ4n) is 1.96. The molecule has 0 aliphatic carbocycles. The first-order chi connectivity index (χ1) is 10.0. The van der Waals surface area contributed by atoms with Crippen LogP contribution in [0.1, 0.15) is 21.5 Å². The van der Waals surface area contributed by atoms with Crippen molar-refractivity contribution in [2.75, 3.05) is 7.11 Å². The van der Waals surface area contributed by atoms with Crippen molar-refractivity contribution in [1.82, 2.24) is 0 Å². The summed E-state index contributed by atoms with van der Waals surface area (Å²) in [6.07, 6.45) is 3.21. The van der Waals surface area contributed by atoms with E-state index in [9.17, 15) is 9.90 Å². The minimum absolute atomic E-state index is 0.0416. The van der Waals surface area contributed by atoms with E-state index >= 15 is 0 Å². The van der Waals surface area contributed by atoms with E-state index < -0.39 is 0 Å². The summed E-state index contributed by atoms with van der Waals surface area (Å²) >= 11 is 3.25. The van der Waals surface area contributed by atoms with Gasteiger partial charge in [-0.2, -0.15) is 0 Å². The third-order valence-electron chi connectivity index (χ3n) is 3.11. The van der Waals surface area contributed by atoms with Crippen molar-refractivity contribution in [2.45, 2.75) is 6.92 Å². The Morgan fingerprint density at radius 2 is 2.00 bits per heavy atom. The predicted octanol–water partition coefficient (Wildman–Crippen LogP) is 4.37. The number of methoxy groups -OCH3 is 1. The number of hydrogen-bond acceptors (Lipinski definition) is 3. The average Bonchev–Trinajstić information content (AvgIpc) is 2.48. The normalized spacial score (nSPS) is 10.8. The molecule has 2 rings (SSSR count). The van der Waals surface area contributed by atoms with Crippen LogP contribution in [-0.2, 0) is 0 Å². The second kappa shape index (κ2) is 6.59. The highest BCUT2D eigenvalue weighted by atomic mass is 79.9. The van der Waals surface area contributed by atoms with Gasteiger partial charge >= 0.3 is 0 Å². The lowest BCUT2D eigenvalue weighted by Crippen LogP contribution is -1.97. The molecule has 0 bridgehead atoms. The van der Waals surface area contributed by atoms with E-state index in [0.717, 1.165) is 11.1 Å². The van der Waals surface area contributed by atoms with Crippen LogP contribution in [0.2, 0.25) is 0 Å². The highest BCUT2D eigenvalue weighted by molar-refractivity contribution is 9.10. The van der Waals surface area contributed by atoms with Gasteiger partial charge < -0.3 is 9.84 Å². The van der Waals surface area contributed by atoms with Crippen LogP contribution in [-0.4, -0.2) is 18.0 Å². The molecule has 0 aliphatic rings. The Bertz CT molecular complexity index is 705. The number of carbonyl (C=O) groups excluding carboxylic acids is 1. The van der Waals surface area contributed by atoms with Gasteiger partial charge in [0.15, 0.2) is 17.3 Å². The molecule has 0 saturated heterocycles. The number of rotatable bonds is 4. The molecule has 0 amide bonds. The van der Waals surface area contributed by atoms with Gasteiger partial charge in [0.2, 0.25) is 0 Å². The van der Waals surface area contributed by atoms with Gasteiger partial charge in [0.05, 0.1) is 11.6 Å². The zero-order chi connectivity index (χ0) is 15.4. The van der Waals surface area contributed by atoms with E-state index in [1.165, 1.54) is 13.2 Å². The fraction of sp³-hybridized carbons (Fsp3) is 0.118. The largest absolute Gasteiger partial charge is 0.503 e. The molecule has 2 aromatic rings. The number of aryl methyl sites for hydroxylation is 1. The third-order valence-corrected chi connectivity index (χ3v) is 3.71. The number of carbonyl (C=O) groups is 1. The van der Waals surface area contributed by atoms with Gasteiger partial charge in [-0.3, -0.25) is 4.79 Å². The molecule has 2 aromatic carbocycles. The predicted molar refractivity (Wildman–Crippen MR) is 86.9 cm³/mol. The smallest absolute Gasteiger partial charge is 0.186 e. The molecule has 0 atom stereocenters. The summed E-state index contributed by atoms with van der Waals surface area (Å²) in [6, 6.07) is 10.8. The summed E-state index contributed by atoms with van der Waals surface area (Å²) in [6.45, 7) is 1.90. The molecule has 108 valence electrons. The average molecular weight is 347 g/mol. The van der Waals surface area contributed by atoms with Gasteiger partial charge in [0.1, 0.15) is 0 Å². The van der Waals surface area contributed by atoms with Crippen LogP contribution in [0.25, 0.3) is 6.08 Å². The van der Waals surface area contributed by atoms with Crippen LogP contribution in [0, 0.1) is 6.92 Å². The first-order valence-electron chi connectivity index (χ1n) is 6.37. The maximum absolute atomic E-state index is 12.2. The molecule has 0 spiro atoms. The SMILES string of the molecule is COc1cc(/C=C/C(=O)c2ccccc2C)cc(Br)c1O. The van der Waals surface area contributed by atoms with Crippen molar-refractivity contribution >= 4 is 27.8 Å². The van der Waals surface area contributed by atoms with E-state index in [2.05, 4.69) is 15.9 Å². The van der Waals surface area contributed by atoms with Crippen molar-refractivity contribution in [1.29, 1.82) is 0 Å². The molecule has 0 saturated carbocycles. The zero-order valence-electron chi connectivity index (χ0n) is 11.8. The maximum Gasteiger partial charge on any atom is 0.186 e. The summed E-state index contributed by atoms with van der Waals surface area (Å²) < 4.78 is 5.60. The Kier molecular flexibility index (Phi) is 4.81. The highest BCUT2D eigenvalue weighted by Crippen LogP contribution is 2.35. The maximum atomic E-state index is 12.2. The summed E-state index contributed by atoms with van der Waals surface area (Å²) in [7, 11) is 1.48. The van der Waals surface area contributed by atoms with E-state index in [0.29, 0.717) is 15.8 Å². The van der Waals surface area contributed by atoms with Gasteiger partial charge in [0.25, 0.3) is 0 Å². The lowest BCUT2D eigenvalue weighted by molar-refractivity contribution is 0.104. The van der Waals surface area contributed by atoms with E-state index in [-0.39, 0.29) is 11.5 Å². The minimum Gasteiger partial charge on any atom is -0.503 e. The molecular weight excluding hydrogens is 332 g/mol. The number of phenols is 1. The molecule has 4 heteroatoms. The minimum atomic E-state index is -0.0590. The lowest BCUT2D eigenvalue weighted by atomic mass is 10.0. The number of phenolic OH excluding ortho intramolecular Hbond substituents is 1. The van der Waals surface area contributed by atoms with Gasteiger partial charge in [-0.1, -0.05) is 30.3 Å². The van der Waals surface area contributed by atoms with Gasteiger partial charge in [-0.15, -0.1) is 0 Å². The van der Waals surface area contributed by atoms with Crippen LogP contribution in [0.3, 0.4) is 0 Å². The molecule has 0 fully saturated rings. The second-order valence-electron chi connectivity index (χ2n) is 4.57. The lowest BCUT2D eigenvalue weighted by Gasteiger charge is -2.06. The molecule has 0 unspecified atom stereocenters. The Hall–Kier alpha value is -2.07. The van der Waals surface area contributed by atoms with Crippen molar-refractivity contribution in [3.05, 3.63) is 63.6 Å². The monoisotopic (exact) mass is 346 g/mol. The van der Waals surface area contributed by atoms with Crippen molar-refractivity contribution in [2.24, 2.45) is 0 Å². The summed E-state index contributed by atoms with van der Waals surface area (Å²) in [5.41, 5.74) is 2.38. The van der Waals surface area contributed by atoms with E-state index in [1.807, 2.05) is 25.1 Å². The van der Waals surface area contributed by atoms with Crippen LogP contribution in [0.5, 0.6) is 11.5 Å². The molecule has 0 heterocycles. The Morgan fingerprint density at radius 1 is 1.29 bits per heavy atom. The van der Waals surface area contributed by atoms with Crippen LogP contribution >= 0.6 is 15.9 Å². The number of hydrogen-bond donors (Lipinski definition) is 1. The third kappa shape index (κ3) is 3.52. The van der Waals surface area contributed by atoms with Crippen LogP contribution in [0.15, 0.2) is 46.9 Å². The standard InChI is InChI=1S/C17H15BrO3/c1-11-5-3-4-6-13(11)15(19)8-7-12-9-14(18)17(20)16(10-12)21-2/h3-10,20H,1-2H3/b8-7+. The number of ketones is 1. The molecule has 0 aliphatic heterocycles. The van der Waals surface area contributed by atoms with Gasteiger partial charge in [-0.25, -0.2) is 0 Å². The Balaban J connectivity index is 2.28. The molecule has 3 nitrogen and oxygen atoms in total. The molecule has 0 radical (unpaired) electrons. The summed E-state index contributed by atoms with van der Waals surface area (Å²) in [5.74, 6) is 0.337.